The van der Waals surface area contributed by atoms with Crippen LogP contribution in [0.4, 0.5) is 5.69 Å². The van der Waals surface area contributed by atoms with Crippen LogP contribution in [-0.2, 0) is 13.0 Å². The van der Waals surface area contributed by atoms with Gasteiger partial charge in [0.05, 0.1) is 0 Å². The molecule has 0 amide bonds. The summed E-state index contributed by atoms with van der Waals surface area (Å²) in [6, 6.07) is 10.4. The number of nitrogens with zero attached hydrogens (tertiary/aromatic N) is 1. The Balaban J connectivity index is 1.48. The molecular formula is C19H23N3S. The van der Waals surface area contributed by atoms with E-state index in [1.165, 1.54) is 21.7 Å². The summed E-state index contributed by atoms with van der Waals surface area (Å²) in [7, 11) is 0. The molecule has 0 aliphatic carbocycles. The maximum Gasteiger partial charge on any atom is 0.0430 e. The van der Waals surface area contributed by atoms with E-state index < -0.39 is 0 Å². The molecule has 1 aromatic carbocycles. The SMILES string of the molecule is Cc1c(N)cccc1CN1C=CC(NCCc2cccs2)=CC1. The molecule has 0 radical (unpaired) electrons. The van der Waals surface area contributed by atoms with Gasteiger partial charge in [0.25, 0.3) is 0 Å². The van der Waals surface area contributed by atoms with E-state index in [0.29, 0.717) is 0 Å². The number of hydrogen-bond donors (Lipinski definition) is 2. The number of hydrogen-bond acceptors (Lipinski definition) is 4. The van der Waals surface area contributed by atoms with Crippen molar-refractivity contribution in [3.05, 3.63) is 75.8 Å². The van der Waals surface area contributed by atoms with Crippen LogP contribution in [0.2, 0.25) is 0 Å². The molecule has 120 valence electrons. The maximum absolute atomic E-state index is 5.99. The van der Waals surface area contributed by atoms with Crippen molar-refractivity contribution in [2.75, 3.05) is 18.8 Å². The Morgan fingerprint density at radius 1 is 1.26 bits per heavy atom. The molecule has 0 saturated heterocycles. The molecule has 0 unspecified atom stereocenters. The highest BCUT2D eigenvalue weighted by Crippen LogP contribution is 2.18. The van der Waals surface area contributed by atoms with Crippen molar-refractivity contribution in [3.8, 4) is 0 Å². The Bertz CT molecular complexity index is 701. The summed E-state index contributed by atoms with van der Waals surface area (Å²) in [5.74, 6) is 0. The van der Waals surface area contributed by atoms with Gasteiger partial charge in [0, 0.05) is 42.1 Å². The Morgan fingerprint density at radius 2 is 2.17 bits per heavy atom. The van der Waals surface area contributed by atoms with Crippen LogP contribution in [0.25, 0.3) is 0 Å². The largest absolute Gasteiger partial charge is 0.399 e. The van der Waals surface area contributed by atoms with Crippen LogP contribution >= 0.6 is 11.3 Å². The lowest BCUT2D eigenvalue weighted by atomic mass is 10.1. The van der Waals surface area contributed by atoms with Crippen molar-refractivity contribution in [2.24, 2.45) is 0 Å². The van der Waals surface area contributed by atoms with Gasteiger partial charge in [-0.2, -0.15) is 0 Å². The molecule has 1 aromatic heterocycles. The molecule has 1 aliphatic rings. The number of rotatable bonds is 6. The van der Waals surface area contributed by atoms with E-state index in [-0.39, 0.29) is 0 Å². The van der Waals surface area contributed by atoms with E-state index in [1.54, 1.807) is 0 Å². The van der Waals surface area contributed by atoms with E-state index in [2.05, 4.69) is 59.1 Å². The highest BCUT2D eigenvalue weighted by molar-refractivity contribution is 7.09. The average Bonchev–Trinajstić information content (AvgIpc) is 3.07. The van der Waals surface area contributed by atoms with Crippen LogP contribution in [0.5, 0.6) is 0 Å². The normalized spacial score (nSPS) is 14.0. The van der Waals surface area contributed by atoms with Gasteiger partial charge in [-0.05, 0) is 54.1 Å². The van der Waals surface area contributed by atoms with Gasteiger partial charge in [0.15, 0.2) is 0 Å². The lowest BCUT2D eigenvalue weighted by Crippen LogP contribution is -2.24. The zero-order chi connectivity index (χ0) is 16.1. The van der Waals surface area contributed by atoms with Gasteiger partial charge in [-0.3, -0.25) is 0 Å². The zero-order valence-electron chi connectivity index (χ0n) is 13.5. The van der Waals surface area contributed by atoms with Crippen molar-refractivity contribution in [1.29, 1.82) is 0 Å². The van der Waals surface area contributed by atoms with Gasteiger partial charge in [0.1, 0.15) is 0 Å². The highest BCUT2D eigenvalue weighted by atomic mass is 32.1. The fourth-order valence-electron chi connectivity index (χ4n) is 2.66. The van der Waals surface area contributed by atoms with Crippen molar-refractivity contribution in [3.63, 3.8) is 0 Å². The topological polar surface area (TPSA) is 41.3 Å². The molecule has 0 saturated carbocycles. The first-order valence-corrected chi connectivity index (χ1v) is 8.83. The zero-order valence-corrected chi connectivity index (χ0v) is 14.3. The minimum atomic E-state index is 0.870. The number of thiophene rings is 1. The fourth-order valence-corrected chi connectivity index (χ4v) is 3.37. The van der Waals surface area contributed by atoms with Gasteiger partial charge in [-0.1, -0.05) is 18.2 Å². The third-order valence-electron chi connectivity index (χ3n) is 4.15. The first kappa shape index (κ1) is 15.7. The summed E-state index contributed by atoms with van der Waals surface area (Å²) < 4.78 is 0. The Labute approximate surface area is 142 Å². The smallest absolute Gasteiger partial charge is 0.0430 e. The predicted molar refractivity (Wildman–Crippen MR) is 99.3 cm³/mol. The highest BCUT2D eigenvalue weighted by Gasteiger charge is 2.08. The molecule has 0 atom stereocenters. The first-order chi connectivity index (χ1) is 11.2. The molecule has 2 aromatic rings. The molecule has 3 nitrogen and oxygen atoms in total. The van der Waals surface area contributed by atoms with Crippen LogP contribution < -0.4 is 11.1 Å². The van der Waals surface area contributed by atoms with Gasteiger partial charge < -0.3 is 16.0 Å². The van der Waals surface area contributed by atoms with Crippen molar-refractivity contribution in [2.45, 2.75) is 19.9 Å². The standard InChI is InChI=1S/C19H23N3S/c1-15-16(4-2-6-19(15)20)14-22-11-8-17(9-12-22)21-10-7-18-5-3-13-23-18/h2-6,8-9,11,13,21H,7,10,12,14,20H2,1H3. The lowest BCUT2D eigenvalue weighted by molar-refractivity contribution is 0.401. The second-order valence-corrected chi connectivity index (χ2v) is 6.82. The second-order valence-electron chi connectivity index (χ2n) is 5.79. The number of nitrogen functional groups attached to an aromatic ring is 1. The van der Waals surface area contributed by atoms with Crippen molar-refractivity contribution in [1.82, 2.24) is 10.2 Å². The third-order valence-corrected chi connectivity index (χ3v) is 5.09. The Kier molecular flexibility index (Phi) is 5.03. The number of nitrogens with one attached hydrogen (secondary N) is 1. The van der Waals surface area contributed by atoms with Crippen LogP contribution in [0.1, 0.15) is 16.0 Å². The first-order valence-electron chi connectivity index (χ1n) is 7.95. The Morgan fingerprint density at radius 3 is 2.91 bits per heavy atom. The number of benzene rings is 1. The average molecular weight is 325 g/mol. The monoisotopic (exact) mass is 325 g/mol. The minimum Gasteiger partial charge on any atom is -0.399 e. The molecule has 2 heterocycles. The third kappa shape index (κ3) is 4.17. The summed E-state index contributed by atoms with van der Waals surface area (Å²) in [4.78, 5) is 3.73. The lowest BCUT2D eigenvalue weighted by Gasteiger charge is -2.24. The van der Waals surface area contributed by atoms with Gasteiger partial charge in [0.2, 0.25) is 0 Å². The number of anilines is 1. The van der Waals surface area contributed by atoms with E-state index >= 15 is 0 Å². The molecule has 0 spiro atoms. The van der Waals surface area contributed by atoms with Crippen LogP contribution in [0.3, 0.4) is 0 Å². The van der Waals surface area contributed by atoms with Gasteiger partial charge in [-0.15, -0.1) is 11.3 Å². The molecule has 23 heavy (non-hydrogen) atoms. The molecule has 3 rings (SSSR count). The molecule has 4 heteroatoms. The summed E-state index contributed by atoms with van der Waals surface area (Å²) in [6.45, 7) is 4.88. The van der Waals surface area contributed by atoms with Gasteiger partial charge >= 0.3 is 0 Å². The van der Waals surface area contributed by atoms with Crippen molar-refractivity contribution < 1.29 is 0 Å². The second kappa shape index (κ2) is 7.38. The quantitative estimate of drug-likeness (QED) is 0.796. The minimum absolute atomic E-state index is 0.870. The summed E-state index contributed by atoms with van der Waals surface area (Å²) in [6.07, 6.45) is 7.64. The fraction of sp³-hybridized carbons (Fsp3) is 0.263. The van der Waals surface area contributed by atoms with Crippen LogP contribution in [0, 0.1) is 6.92 Å². The predicted octanol–water partition coefficient (Wildman–Crippen LogP) is 3.68. The van der Waals surface area contributed by atoms with E-state index in [9.17, 15) is 0 Å². The van der Waals surface area contributed by atoms with Gasteiger partial charge in [-0.25, -0.2) is 0 Å². The Hall–Kier alpha value is -2.20. The van der Waals surface area contributed by atoms with Crippen LogP contribution in [0.15, 0.2) is 59.8 Å². The summed E-state index contributed by atoms with van der Waals surface area (Å²) >= 11 is 1.82. The van der Waals surface area contributed by atoms with E-state index in [0.717, 1.165) is 31.7 Å². The van der Waals surface area contributed by atoms with E-state index in [4.69, 9.17) is 5.73 Å². The number of allylic oxidation sites excluding steroid dienone is 1. The summed E-state index contributed by atoms with van der Waals surface area (Å²) in [5.41, 5.74) is 10.5. The maximum atomic E-state index is 5.99. The van der Waals surface area contributed by atoms with Crippen molar-refractivity contribution >= 4 is 17.0 Å². The summed E-state index contributed by atoms with van der Waals surface area (Å²) in [5, 5.41) is 5.63. The van der Waals surface area contributed by atoms with E-state index in [1.807, 2.05) is 23.5 Å². The molecular weight excluding hydrogens is 302 g/mol. The molecule has 0 bridgehead atoms. The molecule has 1 aliphatic heterocycles. The number of nitrogens with two attached hydrogens (primary N) is 1. The van der Waals surface area contributed by atoms with Crippen LogP contribution in [-0.4, -0.2) is 18.0 Å². The molecule has 3 N–H and O–H groups in total. The molecule has 0 fully saturated rings.